The number of ketones is 1. The number of carbonyl (C=O) groups is 3. The van der Waals surface area contributed by atoms with Crippen LogP contribution in [0.25, 0.3) is 0 Å². The number of likely N-dealkylation sites (tertiary alicyclic amines) is 1. The van der Waals surface area contributed by atoms with E-state index < -0.39 is 11.7 Å². The quantitative estimate of drug-likeness (QED) is 0.819. The van der Waals surface area contributed by atoms with Gasteiger partial charge < -0.3 is 15.0 Å². The number of hydrogen-bond donors (Lipinski definition) is 1. The van der Waals surface area contributed by atoms with Crippen molar-refractivity contribution in [2.45, 2.75) is 58.1 Å². The van der Waals surface area contributed by atoms with E-state index in [0.29, 0.717) is 31.5 Å². The average molecular weight is 360 g/mol. The van der Waals surface area contributed by atoms with Crippen molar-refractivity contribution in [1.29, 1.82) is 0 Å². The summed E-state index contributed by atoms with van der Waals surface area (Å²) < 4.78 is 5.25. The molecule has 0 saturated carbocycles. The Morgan fingerprint density at radius 2 is 1.69 bits per heavy atom. The summed E-state index contributed by atoms with van der Waals surface area (Å²) in [5, 5.41) is 2.85. The predicted molar refractivity (Wildman–Crippen MR) is 99.0 cm³/mol. The van der Waals surface area contributed by atoms with Gasteiger partial charge in [0, 0.05) is 37.5 Å². The van der Waals surface area contributed by atoms with Crippen LogP contribution in [-0.4, -0.2) is 47.4 Å². The number of rotatable bonds is 5. The molecule has 6 heteroatoms. The molecule has 26 heavy (non-hydrogen) atoms. The topological polar surface area (TPSA) is 75.7 Å². The molecule has 6 nitrogen and oxygen atoms in total. The van der Waals surface area contributed by atoms with Gasteiger partial charge in [0.25, 0.3) is 0 Å². The third-order valence-corrected chi connectivity index (χ3v) is 4.23. The summed E-state index contributed by atoms with van der Waals surface area (Å²) in [6, 6.07) is 9.04. The van der Waals surface area contributed by atoms with Gasteiger partial charge in [-0.1, -0.05) is 30.3 Å². The van der Waals surface area contributed by atoms with Crippen molar-refractivity contribution < 1.29 is 19.1 Å². The second kappa shape index (κ2) is 8.83. The molecule has 142 valence electrons. The van der Waals surface area contributed by atoms with E-state index in [2.05, 4.69) is 5.32 Å². The van der Waals surface area contributed by atoms with Crippen LogP contribution in [0.1, 0.15) is 56.8 Å². The van der Waals surface area contributed by atoms with Crippen LogP contribution in [0.5, 0.6) is 0 Å². The van der Waals surface area contributed by atoms with Crippen LogP contribution in [0.2, 0.25) is 0 Å². The summed E-state index contributed by atoms with van der Waals surface area (Å²) >= 11 is 0. The normalized spacial score (nSPS) is 15.4. The number of alkyl carbamates (subject to hydrolysis) is 1. The summed E-state index contributed by atoms with van der Waals surface area (Å²) in [5.41, 5.74) is 0.118. The molecular formula is C20H28N2O4. The van der Waals surface area contributed by atoms with Crippen LogP contribution in [0.3, 0.4) is 0 Å². The first-order valence-corrected chi connectivity index (χ1v) is 9.10. The van der Waals surface area contributed by atoms with E-state index in [1.54, 1.807) is 17.0 Å². The van der Waals surface area contributed by atoms with E-state index in [1.165, 1.54) is 0 Å². The van der Waals surface area contributed by atoms with Crippen LogP contribution in [0, 0.1) is 0 Å². The maximum Gasteiger partial charge on any atom is 0.407 e. The fraction of sp³-hybridized carbons (Fsp3) is 0.550. The van der Waals surface area contributed by atoms with Crippen molar-refractivity contribution in [2.75, 3.05) is 13.1 Å². The van der Waals surface area contributed by atoms with Gasteiger partial charge >= 0.3 is 6.09 Å². The lowest BCUT2D eigenvalue weighted by molar-refractivity contribution is -0.132. The Hall–Kier alpha value is -2.37. The van der Waals surface area contributed by atoms with E-state index in [1.807, 2.05) is 39.0 Å². The Morgan fingerprint density at radius 3 is 2.27 bits per heavy atom. The Morgan fingerprint density at radius 1 is 1.08 bits per heavy atom. The van der Waals surface area contributed by atoms with Gasteiger partial charge in [-0.25, -0.2) is 4.79 Å². The van der Waals surface area contributed by atoms with E-state index in [0.717, 1.165) is 0 Å². The minimum Gasteiger partial charge on any atom is -0.444 e. The first-order chi connectivity index (χ1) is 12.2. The summed E-state index contributed by atoms with van der Waals surface area (Å²) in [7, 11) is 0. The van der Waals surface area contributed by atoms with Gasteiger partial charge in [-0.15, -0.1) is 0 Å². The van der Waals surface area contributed by atoms with Crippen molar-refractivity contribution >= 4 is 17.8 Å². The zero-order valence-corrected chi connectivity index (χ0v) is 15.8. The zero-order valence-electron chi connectivity index (χ0n) is 15.8. The van der Waals surface area contributed by atoms with Crippen LogP contribution in [-0.2, 0) is 9.53 Å². The lowest BCUT2D eigenvalue weighted by Gasteiger charge is -2.33. The van der Waals surface area contributed by atoms with Crippen molar-refractivity contribution in [3.05, 3.63) is 35.9 Å². The number of carbonyl (C=O) groups excluding carboxylic acids is 3. The Kier molecular flexibility index (Phi) is 6.77. The monoisotopic (exact) mass is 360 g/mol. The van der Waals surface area contributed by atoms with E-state index in [9.17, 15) is 14.4 Å². The summed E-state index contributed by atoms with van der Waals surface area (Å²) in [5.74, 6) is -0.0228. The molecule has 2 amide bonds. The molecule has 0 unspecified atom stereocenters. The molecule has 0 aliphatic carbocycles. The Bertz CT molecular complexity index is 629. The minimum atomic E-state index is -0.522. The number of piperidine rings is 1. The molecule has 0 radical (unpaired) electrons. The Labute approximate surface area is 154 Å². The molecule has 0 spiro atoms. The summed E-state index contributed by atoms with van der Waals surface area (Å²) in [4.78, 5) is 38.0. The second-order valence-corrected chi connectivity index (χ2v) is 7.59. The van der Waals surface area contributed by atoms with Gasteiger partial charge in [0.2, 0.25) is 5.91 Å². The lowest BCUT2D eigenvalue weighted by Crippen LogP contribution is -2.47. The predicted octanol–water partition coefficient (Wildman–Crippen LogP) is 3.17. The largest absolute Gasteiger partial charge is 0.444 e. The first-order valence-electron chi connectivity index (χ1n) is 9.10. The van der Waals surface area contributed by atoms with Gasteiger partial charge in [-0.05, 0) is 33.6 Å². The molecule has 0 atom stereocenters. The fourth-order valence-electron chi connectivity index (χ4n) is 2.89. The lowest BCUT2D eigenvalue weighted by atomic mass is 10.0. The van der Waals surface area contributed by atoms with E-state index >= 15 is 0 Å². The highest BCUT2D eigenvalue weighted by molar-refractivity contribution is 5.97. The maximum atomic E-state index is 12.3. The van der Waals surface area contributed by atoms with Crippen molar-refractivity contribution in [3.8, 4) is 0 Å². The highest BCUT2D eigenvalue weighted by Gasteiger charge is 2.25. The SMILES string of the molecule is CC(C)(C)OC(=O)NC1CCN(C(=O)CCC(=O)c2ccccc2)CC1. The standard InChI is InChI=1S/C20H28N2O4/c1-20(2,3)26-19(25)21-16-11-13-22(14-12-16)18(24)10-9-17(23)15-7-5-4-6-8-15/h4-8,16H,9-14H2,1-3H3,(H,21,25). The molecule has 1 saturated heterocycles. The van der Waals surface area contributed by atoms with Gasteiger partial charge in [0.1, 0.15) is 5.60 Å². The van der Waals surface area contributed by atoms with E-state index in [-0.39, 0.29) is 30.6 Å². The molecule has 1 heterocycles. The summed E-state index contributed by atoms with van der Waals surface area (Å²) in [6.45, 7) is 6.64. The average Bonchev–Trinajstić information content (AvgIpc) is 2.59. The maximum absolute atomic E-state index is 12.3. The number of amides is 2. The molecule has 1 aliphatic rings. The molecule has 1 aliphatic heterocycles. The number of Topliss-reactive ketones (excluding diaryl/α,β-unsaturated/α-hetero) is 1. The molecule has 0 aromatic heterocycles. The third-order valence-electron chi connectivity index (χ3n) is 4.23. The number of nitrogens with one attached hydrogen (secondary N) is 1. The molecular weight excluding hydrogens is 332 g/mol. The zero-order chi connectivity index (χ0) is 19.2. The number of benzene rings is 1. The van der Waals surface area contributed by atoms with Crippen molar-refractivity contribution in [2.24, 2.45) is 0 Å². The van der Waals surface area contributed by atoms with Crippen molar-refractivity contribution in [1.82, 2.24) is 10.2 Å². The van der Waals surface area contributed by atoms with Crippen LogP contribution >= 0.6 is 0 Å². The number of ether oxygens (including phenoxy) is 1. The molecule has 1 fully saturated rings. The molecule has 2 rings (SSSR count). The molecule has 1 aromatic carbocycles. The second-order valence-electron chi connectivity index (χ2n) is 7.59. The third kappa shape index (κ3) is 6.50. The molecule has 1 N–H and O–H groups in total. The highest BCUT2D eigenvalue weighted by atomic mass is 16.6. The van der Waals surface area contributed by atoms with Gasteiger partial charge in [-0.2, -0.15) is 0 Å². The van der Waals surface area contributed by atoms with Crippen LogP contribution < -0.4 is 5.32 Å². The number of hydrogen-bond acceptors (Lipinski definition) is 4. The highest BCUT2D eigenvalue weighted by Crippen LogP contribution is 2.14. The Balaban J connectivity index is 1.71. The molecule has 0 bridgehead atoms. The minimum absolute atomic E-state index is 0.00926. The summed E-state index contributed by atoms with van der Waals surface area (Å²) in [6.07, 6.45) is 1.40. The van der Waals surface area contributed by atoms with E-state index in [4.69, 9.17) is 4.74 Å². The molecule has 1 aromatic rings. The van der Waals surface area contributed by atoms with Crippen molar-refractivity contribution in [3.63, 3.8) is 0 Å². The first kappa shape index (κ1) is 19.9. The number of nitrogens with zero attached hydrogens (tertiary/aromatic N) is 1. The van der Waals surface area contributed by atoms with Crippen LogP contribution in [0.15, 0.2) is 30.3 Å². The van der Waals surface area contributed by atoms with Crippen LogP contribution in [0.4, 0.5) is 4.79 Å². The van der Waals surface area contributed by atoms with Gasteiger partial charge in [-0.3, -0.25) is 9.59 Å². The van der Waals surface area contributed by atoms with Gasteiger partial charge in [0.15, 0.2) is 5.78 Å². The smallest absolute Gasteiger partial charge is 0.407 e. The fourth-order valence-corrected chi connectivity index (χ4v) is 2.89. The van der Waals surface area contributed by atoms with Gasteiger partial charge in [0.05, 0.1) is 0 Å².